The van der Waals surface area contributed by atoms with E-state index in [1.54, 1.807) is 17.2 Å². The predicted molar refractivity (Wildman–Crippen MR) is 82.9 cm³/mol. The second kappa shape index (κ2) is 5.98. The third-order valence-corrected chi connectivity index (χ3v) is 3.51. The minimum absolute atomic E-state index is 0.0262. The highest BCUT2D eigenvalue weighted by Gasteiger charge is 2.34. The molecule has 3 N–H and O–H groups in total. The van der Waals surface area contributed by atoms with Crippen LogP contribution in [0.2, 0.25) is 0 Å². The molecule has 2 aliphatic rings. The number of rotatable bonds is 4. The molecule has 1 aromatic carbocycles. The van der Waals surface area contributed by atoms with Crippen LogP contribution in [0.25, 0.3) is 0 Å². The summed E-state index contributed by atoms with van der Waals surface area (Å²) in [5.41, 5.74) is 6.26. The van der Waals surface area contributed by atoms with Crippen LogP contribution in [0.4, 0.5) is 22.0 Å². The van der Waals surface area contributed by atoms with E-state index in [0.717, 1.165) is 0 Å². The van der Waals surface area contributed by atoms with Crippen molar-refractivity contribution in [1.82, 2.24) is 20.0 Å². The maximum atomic E-state index is 13.3. The second-order valence-electron chi connectivity index (χ2n) is 5.23. The first-order valence-corrected chi connectivity index (χ1v) is 7.28. The summed E-state index contributed by atoms with van der Waals surface area (Å²) in [6.45, 7) is 1.28. The molecule has 24 heavy (non-hydrogen) atoms. The van der Waals surface area contributed by atoms with Gasteiger partial charge >= 0.3 is 0 Å². The van der Waals surface area contributed by atoms with Crippen molar-refractivity contribution in [2.24, 2.45) is 4.99 Å². The van der Waals surface area contributed by atoms with Crippen molar-refractivity contribution in [2.75, 3.05) is 31.0 Å². The van der Waals surface area contributed by atoms with Crippen molar-refractivity contribution in [2.45, 2.75) is 6.04 Å². The molecular formula is C14H14FN7O2. The summed E-state index contributed by atoms with van der Waals surface area (Å²) in [5, 5.41) is 4.53. The number of aliphatic imine (C=N–C) groups is 1. The Kier molecular flexibility index (Phi) is 3.67. The van der Waals surface area contributed by atoms with Gasteiger partial charge in [0.15, 0.2) is 12.6 Å². The molecule has 10 heteroatoms. The Labute approximate surface area is 136 Å². The fourth-order valence-corrected chi connectivity index (χ4v) is 2.33. The van der Waals surface area contributed by atoms with Crippen molar-refractivity contribution >= 4 is 23.4 Å². The minimum atomic E-state index is -0.369. The van der Waals surface area contributed by atoms with E-state index < -0.39 is 0 Å². The van der Waals surface area contributed by atoms with E-state index >= 15 is 0 Å². The number of hydrogen-bond acceptors (Lipinski definition) is 9. The number of aromatic nitrogens is 3. The number of hydrogen-bond donors (Lipinski definition) is 2. The zero-order chi connectivity index (χ0) is 16.5. The number of hydroxylamine groups is 2. The second-order valence-corrected chi connectivity index (χ2v) is 5.23. The summed E-state index contributed by atoms with van der Waals surface area (Å²) in [4.78, 5) is 22.2. The number of anilines is 3. The first kappa shape index (κ1) is 14.7. The molecule has 3 heterocycles. The Morgan fingerprint density at radius 2 is 2.12 bits per heavy atom. The molecule has 0 spiro atoms. The van der Waals surface area contributed by atoms with Gasteiger partial charge in [-0.1, -0.05) is 6.07 Å². The van der Waals surface area contributed by atoms with Crippen LogP contribution in [0.15, 0.2) is 29.3 Å². The largest absolute Gasteiger partial charge is 0.377 e. The lowest BCUT2D eigenvalue weighted by Gasteiger charge is -2.34. The summed E-state index contributed by atoms with van der Waals surface area (Å²) >= 11 is 0. The number of amidine groups is 1. The van der Waals surface area contributed by atoms with Gasteiger partial charge in [-0.25, -0.2) is 19.3 Å². The highest BCUT2D eigenvalue weighted by atomic mass is 19.1. The summed E-state index contributed by atoms with van der Waals surface area (Å²) in [5.74, 6) is 0.610. The van der Waals surface area contributed by atoms with Crippen molar-refractivity contribution in [3.63, 3.8) is 0 Å². The average Bonchev–Trinajstić information content (AvgIpc) is 2.94. The van der Waals surface area contributed by atoms with Crippen LogP contribution >= 0.6 is 0 Å². The van der Waals surface area contributed by atoms with Gasteiger partial charge in [0.2, 0.25) is 17.7 Å². The number of ether oxygens (including phenoxy) is 1. The monoisotopic (exact) mass is 331 g/mol. The SMILES string of the molecule is Nc1nc(Nc2cccc(F)c2)nc(C2=NCON2C2COC2)n1. The first-order chi connectivity index (χ1) is 11.7. The molecule has 4 rings (SSSR count). The predicted octanol–water partition coefficient (Wildman–Crippen LogP) is 0.687. The fourth-order valence-electron chi connectivity index (χ4n) is 2.33. The van der Waals surface area contributed by atoms with E-state index in [1.165, 1.54) is 12.1 Å². The number of nitrogen functional groups attached to an aromatic ring is 1. The Hall–Kier alpha value is -2.85. The number of nitrogens with one attached hydrogen (secondary N) is 1. The average molecular weight is 331 g/mol. The van der Waals surface area contributed by atoms with Gasteiger partial charge < -0.3 is 15.8 Å². The van der Waals surface area contributed by atoms with Crippen molar-refractivity contribution in [3.05, 3.63) is 35.9 Å². The van der Waals surface area contributed by atoms with E-state index in [1.807, 2.05) is 0 Å². The molecule has 0 amide bonds. The molecule has 1 saturated heterocycles. The molecule has 0 radical (unpaired) electrons. The Bertz CT molecular complexity index is 796. The van der Waals surface area contributed by atoms with E-state index in [-0.39, 0.29) is 36.3 Å². The van der Waals surface area contributed by atoms with Gasteiger partial charge in [-0.05, 0) is 18.2 Å². The van der Waals surface area contributed by atoms with Crippen molar-refractivity contribution in [3.8, 4) is 0 Å². The molecular weight excluding hydrogens is 317 g/mol. The first-order valence-electron chi connectivity index (χ1n) is 7.28. The van der Waals surface area contributed by atoms with Gasteiger partial charge in [0, 0.05) is 5.69 Å². The Morgan fingerprint density at radius 3 is 2.88 bits per heavy atom. The molecule has 124 valence electrons. The summed E-state index contributed by atoms with van der Waals surface area (Å²) in [7, 11) is 0. The molecule has 0 atom stereocenters. The van der Waals surface area contributed by atoms with Crippen LogP contribution in [0.5, 0.6) is 0 Å². The van der Waals surface area contributed by atoms with Gasteiger partial charge in [-0.15, -0.1) is 0 Å². The maximum Gasteiger partial charge on any atom is 0.232 e. The standard InChI is InChI=1S/C14H14FN7O2/c15-8-2-1-3-9(4-8)18-14-20-11(19-13(16)21-14)12-17-7-24-22(12)10-5-23-6-10/h1-4,10H,5-7H2,(H3,16,18,19,20,21). The molecule has 0 saturated carbocycles. The lowest BCUT2D eigenvalue weighted by molar-refractivity contribution is -0.177. The topological polar surface area (TPSA) is 111 Å². The lowest BCUT2D eigenvalue weighted by Crippen LogP contribution is -2.50. The van der Waals surface area contributed by atoms with E-state index in [4.69, 9.17) is 15.3 Å². The number of nitrogens with two attached hydrogens (primary N) is 1. The zero-order valence-corrected chi connectivity index (χ0v) is 12.5. The van der Waals surface area contributed by atoms with Gasteiger partial charge in [0.25, 0.3) is 0 Å². The van der Waals surface area contributed by atoms with Crippen molar-refractivity contribution < 1.29 is 14.0 Å². The third kappa shape index (κ3) is 2.84. The van der Waals surface area contributed by atoms with Gasteiger partial charge in [0.1, 0.15) is 11.9 Å². The number of nitrogens with zero attached hydrogens (tertiary/aromatic N) is 5. The minimum Gasteiger partial charge on any atom is -0.377 e. The van der Waals surface area contributed by atoms with E-state index in [2.05, 4.69) is 25.3 Å². The van der Waals surface area contributed by atoms with Crippen LogP contribution in [0.3, 0.4) is 0 Å². The molecule has 9 nitrogen and oxygen atoms in total. The van der Waals surface area contributed by atoms with E-state index in [9.17, 15) is 4.39 Å². The number of halogens is 1. The zero-order valence-electron chi connectivity index (χ0n) is 12.5. The molecule has 0 aliphatic carbocycles. The summed E-state index contributed by atoms with van der Waals surface area (Å²) in [6, 6.07) is 6.02. The van der Waals surface area contributed by atoms with Gasteiger partial charge in [0.05, 0.1) is 13.2 Å². The Morgan fingerprint density at radius 1 is 1.25 bits per heavy atom. The van der Waals surface area contributed by atoms with Gasteiger partial charge in [-0.2, -0.15) is 15.0 Å². The van der Waals surface area contributed by atoms with Crippen LogP contribution in [0, 0.1) is 5.82 Å². The molecule has 0 unspecified atom stereocenters. The van der Waals surface area contributed by atoms with Crippen LogP contribution in [-0.2, 0) is 9.57 Å². The molecule has 2 aliphatic heterocycles. The van der Waals surface area contributed by atoms with Gasteiger partial charge in [-0.3, -0.25) is 0 Å². The Balaban J connectivity index is 1.61. The fraction of sp³-hybridized carbons (Fsp3) is 0.286. The van der Waals surface area contributed by atoms with E-state index in [0.29, 0.717) is 24.7 Å². The smallest absolute Gasteiger partial charge is 0.232 e. The highest BCUT2D eigenvalue weighted by Crippen LogP contribution is 2.20. The van der Waals surface area contributed by atoms with Crippen LogP contribution < -0.4 is 11.1 Å². The molecule has 1 aromatic heterocycles. The molecule has 1 fully saturated rings. The highest BCUT2D eigenvalue weighted by molar-refractivity contribution is 5.96. The number of benzene rings is 1. The maximum absolute atomic E-state index is 13.3. The molecule has 0 bridgehead atoms. The third-order valence-electron chi connectivity index (χ3n) is 3.51. The normalized spacial score (nSPS) is 17.5. The summed E-state index contributed by atoms with van der Waals surface area (Å²) < 4.78 is 18.5. The van der Waals surface area contributed by atoms with Crippen LogP contribution in [0.1, 0.15) is 5.82 Å². The van der Waals surface area contributed by atoms with Crippen molar-refractivity contribution in [1.29, 1.82) is 0 Å². The lowest BCUT2D eigenvalue weighted by atomic mass is 10.2. The summed E-state index contributed by atoms with van der Waals surface area (Å²) in [6.07, 6.45) is 0. The van der Waals surface area contributed by atoms with Crippen LogP contribution in [-0.4, -0.2) is 51.8 Å². The quantitative estimate of drug-likeness (QED) is 0.842. The molecule has 2 aromatic rings.